The van der Waals surface area contributed by atoms with E-state index in [2.05, 4.69) is 5.32 Å². The van der Waals surface area contributed by atoms with E-state index in [4.69, 9.17) is 5.73 Å². The van der Waals surface area contributed by atoms with Crippen molar-refractivity contribution in [1.29, 1.82) is 0 Å². The van der Waals surface area contributed by atoms with E-state index in [0.29, 0.717) is 19.4 Å². The molecule has 0 aromatic heterocycles. The molecule has 5 heteroatoms. The van der Waals surface area contributed by atoms with Gasteiger partial charge in [-0.3, -0.25) is 9.59 Å². The summed E-state index contributed by atoms with van der Waals surface area (Å²) in [6.45, 7) is 4.21. The van der Waals surface area contributed by atoms with Crippen LogP contribution in [-0.4, -0.2) is 41.9 Å². The van der Waals surface area contributed by atoms with E-state index in [1.54, 1.807) is 18.9 Å². The number of nitrogens with zero attached hydrogens (tertiary/aromatic N) is 1. The Labute approximate surface area is 96.4 Å². The molecule has 0 aliphatic heterocycles. The molecule has 1 aliphatic carbocycles. The van der Waals surface area contributed by atoms with Crippen LogP contribution in [0.25, 0.3) is 0 Å². The van der Waals surface area contributed by atoms with Gasteiger partial charge in [0.15, 0.2) is 0 Å². The molecular weight excluding hydrogens is 206 g/mol. The SMILES string of the molecule is CCN(C)C(=O)C(C)NC(=O)C1(N)CCC1. The highest BCUT2D eigenvalue weighted by Gasteiger charge is 2.41. The normalized spacial score (nSPS) is 19.5. The number of amides is 2. The molecule has 1 rings (SSSR count). The lowest BCUT2D eigenvalue weighted by Crippen LogP contribution is -2.61. The van der Waals surface area contributed by atoms with Gasteiger partial charge in [-0.15, -0.1) is 0 Å². The lowest BCUT2D eigenvalue weighted by Gasteiger charge is -2.37. The number of rotatable bonds is 4. The standard InChI is InChI=1S/C11H21N3O2/c1-4-14(3)9(15)8(2)13-10(16)11(12)6-5-7-11/h8H,4-7,12H2,1-3H3,(H,13,16). The fourth-order valence-electron chi connectivity index (χ4n) is 1.67. The summed E-state index contributed by atoms with van der Waals surface area (Å²) < 4.78 is 0. The Morgan fingerprint density at radius 2 is 2.06 bits per heavy atom. The summed E-state index contributed by atoms with van der Waals surface area (Å²) >= 11 is 0. The van der Waals surface area contributed by atoms with Crippen LogP contribution in [0.1, 0.15) is 33.1 Å². The van der Waals surface area contributed by atoms with Gasteiger partial charge in [-0.05, 0) is 33.1 Å². The van der Waals surface area contributed by atoms with Crippen molar-refractivity contribution >= 4 is 11.8 Å². The molecule has 92 valence electrons. The Hall–Kier alpha value is -1.10. The van der Waals surface area contributed by atoms with Gasteiger partial charge in [0.2, 0.25) is 11.8 Å². The fraction of sp³-hybridized carbons (Fsp3) is 0.818. The molecule has 16 heavy (non-hydrogen) atoms. The highest BCUT2D eigenvalue weighted by atomic mass is 16.2. The quantitative estimate of drug-likeness (QED) is 0.701. The number of nitrogens with one attached hydrogen (secondary N) is 1. The van der Waals surface area contributed by atoms with E-state index in [1.165, 1.54) is 0 Å². The van der Waals surface area contributed by atoms with Gasteiger partial charge in [0, 0.05) is 13.6 Å². The van der Waals surface area contributed by atoms with Crippen molar-refractivity contribution in [3.05, 3.63) is 0 Å². The predicted molar refractivity (Wildman–Crippen MR) is 61.7 cm³/mol. The maximum atomic E-state index is 11.8. The van der Waals surface area contributed by atoms with Crippen molar-refractivity contribution in [3.63, 3.8) is 0 Å². The van der Waals surface area contributed by atoms with Gasteiger partial charge in [0.25, 0.3) is 0 Å². The summed E-state index contributed by atoms with van der Waals surface area (Å²) in [6, 6.07) is -0.501. The molecule has 5 nitrogen and oxygen atoms in total. The van der Waals surface area contributed by atoms with Gasteiger partial charge in [-0.25, -0.2) is 0 Å². The molecule has 1 unspecified atom stereocenters. The molecule has 0 saturated heterocycles. The minimum atomic E-state index is -0.737. The summed E-state index contributed by atoms with van der Waals surface area (Å²) in [4.78, 5) is 25.1. The summed E-state index contributed by atoms with van der Waals surface area (Å²) in [7, 11) is 1.71. The Balaban J connectivity index is 2.47. The molecule has 0 aromatic rings. The van der Waals surface area contributed by atoms with E-state index in [-0.39, 0.29) is 11.8 Å². The Morgan fingerprint density at radius 3 is 2.44 bits per heavy atom. The molecule has 1 fully saturated rings. The van der Waals surface area contributed by atoms with Crippen molar-refractivity contribution in [3.8, 4) is 0 Å². The molecule has 0 bridgehead atoms. The highest BCUT2D eigenvalue weighted by Crippen LogP contribution is 2.29. The van der Waals surface area contributed by atoms with Crippen molar-refractivity contribution < 1.29 is 9.59 Å². The minimum Gasteiger partial charge on any atom is -0.344 e. The van der Waals surface area contributed by atoms with Crippen LogP contribution < -0.4 is 11.1 Å². The fourth-order valence-corrected chi connectivity index (χ4v) is 1.67. The van der Waals surface area contributed by atoms with Gasteiger partial charge >= 0.3 is 0 Å². The van der Waals surface area contributed by atoms with Gasteiger partial charge in [0.05, 0.1) is 5.54 Å². The predicted octanol–water partition coefficient (Wildman–Crippen LogP) is -0.149. The van der Waals surface area contributed by atoms with E-state index in [0.717, 1.165) is 6.42 Å². The molecule has 1 saturated carbocycles. The lowest BCUT2D eigenvalue weighted by atomic mass is 9.77. The van der Waals surface area contributed by atoms with Crippen molar-refractivity contribution in [2.45, 2.75) is 44.7 Å². The first-order chi connectivity index (χ1) is 7.40. The van der Waals surface area contributed by atoms with E-state index in [1.807, 2.05) is 6.92 Å². The van der Waals surface area contributed by atoms with E-state index >= 15 is 0 Å². The molecule has 0 radical (unpaired) electrons. The third kappa shape index (κ3) is 2.52. The van der Waals surface area contributed by atoms with Crippen LogP contribution in [0, 0.1) is 0 Å². The number of carbonyl (C=O) groups is 2. The van der Waals surface area contributed by atoms with Crippen LogP contribution in [0.4, 0.5) is 0 Å². The smallest absolute Gasteiger partial charge is 0.244 e. The van der Waals surface area contributed by atoms with Gasteiger partial charge in [-0.1, -0.05) is 0 Å². The number of hydrogen-bond acceptors (Lipinski definition) is 3. The largest absolute Gasteiger partial charge is 0.344 e. The molecule has 0 aromatic carbocycles. The molecule has 2 amide bonds. The first-order valence-corrected chi connectivity index (χ1v) is 5.75. The second kappa shape index (κ2) is 4.82. The highest BCUT2D eigenvalue weighted by molar-refractivity contribution is 5.92. The Kier molecular flexibility index (Phi) is 3.91. The number of hydrogen-bond donors (Lipinski definition) is 2. The van der Waals surface area contributed by atoms with Crippen LogP contribution in [0.5, 0.6) is 0 Å². The third-order valence-electron chi connectivity index (χ3n) is 3.27. The van der Waals surface area contributed by atoms with Gasteiger partial charge in [0.1, 0.15) is 6.04 Å². The van der Waals surface area contributed by atoms with Crippen molar-refractivity contribution in [1.82, 2.24) is 10.2 Å². The first-order valence-electron chi connectivity index (χ1n) is 5.75. The lowest BCUT2D eigenvalue weighted by molar-refractivity contribution is -0.137. The first kappa shape index (κ1) is 13.0. The Morgan fingerprint density at radius 1 is 1.50 bits per heavy atom. The number of carbonyl (C=O) groups excluding carboxylic acids is 2. The maximum Gasteiger partial charge on any atom is 0.244 e. The van der Waals surface area contributed by atoms with Crippen LogP contribution in [0.2, 0.25) is 0 Å². The Bertz CT molecular complexity index is 287. The molecule has 1 atom stereocenters. The van der Waals surface area contributed by atoms with Gasteiger partial charge < -0.3 is 16.0 Å². The summed E-state index contributed by atoms with van der Waals surface area (Å²) in [5, 5.41) is 2.68. The average Bonchev–Trinajstić information content (AvgIpc) is 2.23. The molecular formula is C11H21N3O2. The second-order valence-corrected chi connectivity index (χ2v) is 4.56. The molecule has 3 N–H and O–H groups in total. The number of nitrogens with two attached hydrogens (primary N) is 1. The third-order valence-corrected chi connectivity index (χ3v) is 3.27. The zero-order valence-corrected chi connectivity index (χ0v) is 10.2. The molecule has 0 heterocycles. The van der Waals surface area contributed by atoms with Crippen LogP contribution in [0.3, 0.4) is 0 Å². The maximum absolute atomic E-state index is 11.8. The molecule has 1 aliphatic rings. The number of likely N-dealkylation sites (N-methyl/N-ethyl adjacent to an activating group) is 1. The summed E-state index contributed by atoms with van der Waals surface area (Å²) in [6.07, 6.45) is 2.41. The zero-order chi connectivity index (χ0) is 12.3. The topological polar surface area (TPSA) is 75.4 Å². The van der Waals surface area contributed by atoms with Crippen LogP contribution in [-0.2, 0) is 9.59 Å². The average molecular weight is 227 g/mol. The van der Waals surface area contributed by atoms with Crippen LogP contribution >= 0.6 is 0 Å². The summed E-state index contributed by atoms with van der Waals surface area (Å²) in [5.74, 6) is -0.289. The van der Waals surface area contributed by atoms with E-state index in [9.17, 15) is 9.59 Å². The second-order valence-electron chi connectivity index (χ2n) is 4.56. The monoisotopic (exact) mass is 227 g/mol. The van der Waals surface area contributed by atoms with Crippen molar-refractivity contribution in [2.24, 2.45) is 5.73 Å². The minimum absolute atomic E-state index is 0.0845. The van der Waals surface area contributed by atoms with Crippen LogP contribution in [0.15, 0.2) is 0 Å². The molecule has 0 spiro atoms. The van der Waals surface area contributed by atoms with E-state index < -0.39 is 11.6 Å². The summed E-state index contributed by atoms with van der Waals surface area (Å²) in [5.41, 5.74) is 5.13. The van der Waals surface area contributed by atoms with Crippen molar-refractivity contribution in [2.75, 3.05) is 13.6 Å². The zero-order valence-electron chi connectivity index (χ0n) is 10.2. The van der Waals surface area contributed by atoms with Gasteiger partial charge in [-0.2, -0.15) is 0 Å².